The molecule has 2 aliphatic heterocycles. The van der Waals surface area contributed by atoms with Crippen LogP contribution in [0.4, 0.5) is 10.6 Å². The monoisotopic (exact) mass is 711 g/mol. The van der Waals surface area contributed by atoms with Crippen LogP contribution in [0.2, 0.25) is 10.3 Å². The molecule has 0 bridgehead atoms. The van der Waals surface area contributed by atoms with Gasteiger partial charge in [0.2, 0.25) is 5.28 Å². The number of nitrogens with zero attached hydrogens (tertiary/aromatic N) is 5. The maximum Gasteiger partial charge on any atom is 0.407 e. The summed E-state index contributed by atoms with van der Waals surface area (Å²) in [4.78, 5) is 28.9. The van der Waals surface area contributed by atoms with Crippen LogP contribution in [-0.4, -0.2) is 77.6 Å². The molecule has 2 atom stereocenters. The van der Waals surface area contributed by atoms with Crippen molar-refractivity contribution in [2.24, 2.45) is 5.41 Å². The topological polar surface area (TPSA) is 82.0 Å². The fraction of sp³-hybridized carbons (Fsp3) is 0.425. The average molecular weight is 712 g/mol. The highest BCUT2D eigenvalue weighted by molar-refractivity contribution is 6.99. The van der Waals surface area contributed by atoms with E-state index >= 15 is 0 Å². The van der Waals surface area contributed by atoms with Gasteiger partial charge in [-0.1, -0.05) is 133 Å². The van der Waals surface area contributed by atoms with Gasteiger partial charge in [-0.2, -0.15) is 0 Å². The Bertz CT molecular complexity index is 1730. The average Bonchev–Trinajstić information content (AvgIpc) is 3.08. The van der Waals surface area contributed by atoms with Crippen molar-refractivity contribution in [3.05, 3.63) is 113 Å². The Morgan fingerprint density at radius 1 is 0.860 bits per heavy atom. The van der Waals surface area contributed by atoms with E-state index in [2.05, 4.69) is 124 Å². The minimum Gasteiger partial charge on any atom is -0.465 e. The second kappa shape index (κ2) is 14.5. The predicted molar refractivity (Wildman–Crippen MR) is 204 cm³/mol. The van der Waals surface area contributed by atoms with Crippen molar-refractivity contribution in [2.45, 2.75) is 78.2 Å². The van der Waals surface area contributed by atoms with Crippen LogP contribution in [0.25, 0.3) is 0 Å². The molecule has 3 aromatic carbocycles. The number of hydrogen-bond donors (Lipinski definition) is 1. The van der Waals surface area contributed by atoms with Gasteiger partial charge in [0.05, 0.1) is 24.4 Å². The van der Waals surface area contributed by atoms with E-state index in [-0.39, 0.29) is 22.4 Å². The van der Waals surface area contributed by atoms with Crippen LogP contribution in [0.1, 0.15) is 58.4 Å². The van der Waals surface area contributed by atoms with E-state index in [1.165, 1.54) is 15.9 Å². The summed E-state index contributed by atoms with van der Waals surface area (Å²) < 4.78 is 7.56. The zero-order valence-corrected chi connectivity index (χ0v) is 31.9. The number of piperazine rings is 1. The van der Waals surface area contributed by atoms with E-state index in [4.69, 9.17) is 26.0 Å². The lowest BCUT2D eigenvalue weighted by molar-refractivity contribution is 0.0388. The molecular weight excluding hydrogens is 662 g/mol. The molecule has 10 heteroatoms. The Hall–Kier alpha value is -3.76. The second-order valence-corrected chi connectivity index (χ2v) is 20.4. The zero-order valence-electron chi connectivity index (χ0n) is 30.1. The van der Waals surface area contributed by atoms with Crippen molar-refractivity contribution in [2.75, 3.05) is 31.1 Å². The first-order chi connectivity index (χ1) is 23.8. The lowest BCUT2D eigenvalue weighted by Crippen LogP contribution is -2.71. The molecule has 1 N–H and O–H groups in total. The van der Waals surface area contributed by atoms with E-state index in [9.17, 15) is 9.90 Å². The Morgan fingerprint density at radius 3 is 1.98 bits per heavy atom. The Kier molecular flexibility index (Phi) is 10.4. The van der Waals surface area contributed by atoms with Crippen molar-refractivity contribution in [3.63, 3.8) is 0 Å². The first-order valence-corrected chi connectivity index (χ1v) is 19.9. The number of carbonyl (C=O) groups is 1. The highest BCUT2D eigenvalue weighted by atomic mass is 35.5. The molecule has 1 fully saturated rings. The molecule has 264 valence electrons. The van der Waals surface area contributed by atoms with Gasteiger partial charge in [-0.05, 0) is 44.4 Å². The molecule has 8 nitrogen and oxygen atoms in total. The van der Waals surface area contributed by atoms with Gasteiger partial charge >= 0.3 is 6.09 Å². The lowest BCUT2D eigenvalue weighted by atomic mass is 9.79. The summed E-state index contributed by atoms with van der Waals surface area (Å²) in [5.41, 5.74) is 2.88. The summed E-state index contributed by atoms with van der Waals surface area (Å²) in [5.74, 6) is 0.801. The summed E-state index contributed by atoms with van der Waals surface area (Å²) in [6, 6.07) is 31.0. The van der Waals surface area contributed by atoms with E-state index in [1.807, 2.05) is 18.2 Å². The molecule has 3 heterocycles. The third-order valence-corrected chi connectivity index (χ3v) is 15.5. The number of anilines is 1. The number of amides is 1. The maximum absolute atomic E-state index is 12.9. The van der Waals surface area contributed by atoms with Crippen molar-refractivity contribution in [3.8, 4) is 0 Å². The normalized spacial score (nSPS) is 18.9. The van der Waals surface area contributed by atoms with Crippen LogP contribution in [0.15, 0.2) is 91.0 Å². The molecule has 1 amide bonds. The fourth-order valence-electron chi connectivity index (χ4n) is 8.22. The van der Waals surface area contributed by atoms with E-state index in [1.54, 1.807) is 4.90 Å². The van der Waals surface area contributed by atoms with Crippen molar-refractivity contribution < 1.29 is 14.3 Å². The fourth-order valence-corrected chi connectivity index (χ4v) is 13.0. The summed E-state index contributed by atoms with van der Waals surface area (Å²) in [6.45, 7) is 16.7. The molecular formula is C40H50ClN5O3Si. The van der Waals surface area contributed by atoms with Gasteiger partial charge in [0, 0.05) is 38.3 Å². The number of halogens is 1. The van der Waals surface area contributed by atoms with Gasteiger partial charge in [-0.15, -0.1) is 0 Å². The number of aromatic nitrogens is 2. The summed E-state index contributed by atoms with van der Waals surface area (Å²) in [5, 5.41) is 12.9. The first kappa shape index (κ1) is 36.0. The van der Waals surface area contributed by atoms with Crippen LogP contribution in [0.3, 0.4) is 0 Å². The van der Waals surface area contributed by atoms with Crippen LogP contribution in [-0.2, 0) is 23.9 Å². The molecule has 0 radical (unpaired) electrons. The highest BCUT2D eigenvalue weighted by Crippen LogP contribution is 2.41. The van der Waals surface area contributed by atoms with Crippen molar-refractivity contribution in [1.82, 2.24) is 19.8 Å². The third kappa shape index (κ3) is 7.19. The quantitative estimate of drug-likeness (QED) is 0.158. The van der Waals surface area contributed by atoms with Crippen LogP contribution in [0, 0.1) is 5.41 Å². The van der Waals surface area contributed by atoms with Gasteiger partial charge in [0.1, 0.15) is 5.82 Å². The highest BCUT2D eigenvalue weighted by Gasteiger charge is 2.53. The van der Waals surface area contributed by atoms with E-state index in [0.29, 0.717) is 26.2 Å². The summed E-state index contributed by atoms with van der Waals surface area (Å²) in [6.07, 6.45) is -0.143. The molecule has 0 aliphatic carbocycles. The number of rotatable bonds is 8. The van der Waals surface area contributed by atoms with Gasteiger partial charge in [-0.25, -0.2) is 14.8 Å². The van der Waals surface area contributed by atoms with Gasteiger partial charge in [0.15, 0.2) is 0 Å². The summed E-state index contributed by atoms with van der Waals surface area (Å²) >= 11 is 6.74. The second-order valence-electron chi connectivity index (χ2n) is 15.7. The number of benzene rings is 3. The first-order valence-electron chi connectivity index (χ1n) is 17.6. The zero-order chi connectivity index (χ0) is 35.7. The van der Waals surface area contributed by atoms with Crippen LogP contribution in [0.5, 0.6) is 0 Å². The molecule has 4 aromatic rings. The molecule has 0 spiro atoms. The van der Waals surface area contributed by atoms with Gasteiger partial charge < -0.3 is 19.3 Å². The Labute approximate surface area is 303 Å². The van der Waals surface area contributed by atoms with E-state index in [0.717, 1.165) is 36.6 Å². The molecule has 2 unspecified atom stereocenters. The van der Waals surface area contributed by atoms with Crippen LogP contribution < -0.4 is 15.3 Å². The summed E-state index contributed by atoms with van der Waals surface area (Å²) in [7, 11) is -2.95. The molecule has 1 saturated heterocycles. The minimum atomic E-state index is -2.95. The largest absolute Gasteiger partial charge is 0.465 e. The SMILES string of the molecule is CC(C)(C)C1C(CO[Si](c2ccccc2)(c2ccccc2)C(C)(C)C)N(c2nc(Cl)nc3c2CCN(Cc2ccccc2)C3)CCN1C(=O)O. The van der Waals surface area contributed by atoms with Crippen molar-refractivity contribution in [1.29, 1.82) is 0 Å². The van der Waals surface area contributed by atoms with Crippen molar-refractivity contribution >= 4 is 42.2 Å². The third-order valence-electron chi connectivity index (χ3n) is 10.3. The molecule has 1 aromatic heterocycles. The standard InChI is InChI=1S/C40H50ClN5O3Si/c1-39(2,3)35-34(28-49-50(40(4,5)6,30-18-12-8-13-19-30)31-20-14-9-15-21-31)45(24-25-46(35)38(47)48)36-32-22-23-44(26-29-16-10-7-11-17-29)27-33(32)42-37(41)43-36/h7-21,34-35H,22-28H2,1-6H3,(H,47,48). The number of fused-ring (bicyclic) bond motifs is 1. The number of carboxylic acid groups (broad SMARTS) is 1. The Balaban J connectivity index is 1.44. The lowest BCUT2D eigenvalue weighted by Gasteiger charge is -2.53. The molecule has 6 rings (SSSR count). The number of hydrogen-bond acceptors (Lipinski definition) is 6. The molecule has 0 saturated carbocycles. The smallest absolute Gasteiger partial charge is 0.407 e. The van der Waals surface area contributed by atoms with Gasteiger partial charge in [-0.3, -0.25) is 4.90 Å². The van der Waals surface area contributed by atoms with E-state index < -0.39 is 19.8 Å². The predicted octanol–water partition coefficient (Wildman–Crippen LogP) is 6.85. The van der Waals surface area contributed by atoms with Gasteiger partial charge in [0.25, 0.3) is 8.32 Å². The minimum absolute atomic E-state index is 0.208. The Morgan fingerprint density at radius 2 is 1.44 bits per heavy atom. The molecule has 50 heavy (non-hydrogen) atoms. The maximum atomic E-state index is 12.9. The molecule has 2 aliphatic rings. The van der Waals surface area contributed by atoms with Crippen LogP contribution >= 0.6 is 11.6 Å².